The first kappa shape index (κ1) is 10.4. The molecule has 14 heavy (non-hydrogen) atoms. The smallest absolute Gasteiger partial charge is 0.0620 e. The maximum Gasteiger partial charge on any atom is 0.0620 e. The van der Waals surface area contributed by atoms with Gasteiger partial charge in [-0.3, -0.25) is 0 Å². The van der Waals surface area contributed by atoms with Crippen LogP contribution in [0.3, 0.4) is 0 Å². The molecule has 2 heteroatoms. The van der Waals surface area contributed by atoms with Crippen molar-refractivity contribution in [1.29, 1.82) is 0 Å². The van der Waals surface area contributed by atoms with Gasteiger partial charge in [0, 0.05) is 18.7 Å². The fourth-order valence-electron chi connectivity index (χ4n) is 2.81. The predicted octanol–water partition coefficient (Wildman–Crippen LogP) is 2.33. The predicted molar refractivity (Wildman–Crippen MR) is 58.4 cm³/mol. The Morgan fingerprint density at radius 1 is 1.14 bits per heavy atom. The number of nitrogens with one attached hydrogen (secondary N) is 1. The summed E-state index contributed by atoms with van der Waals surface area (Å²) in [6.45, 7) is 4.24. The number of hydrogen-bond acceptors (Lipinski definition) is 2. The third kappa shape index (κ3) is 2.71. The van der Waals surface area contributed by atoms with Crippen molar-refractivity contribution in [3.8, 4) is 0 Å². The van der Waals surface area contributed by atoms with Gasteiger partial charge in [0.25, 0.3) is 0 Å². The van der Waals surface area contributed by atoms with Crippen LogP contribution in [0.25, 0.3) is 0 Å². The van der Waals surface area contributed by atoms with E-state index in [1.165, 1.54) is 38.5 Å². The summed E-state index contributed by atoms with van der Waals surface area (Å²) in [5, 5.41) is 3.72. The van der Waals surface area contributed by atoms with Crippen molar-refractivity contribution in [2.75, 3.05) is 13.2 Å². The van der Waals surface area contributed by atoms with Crippen molar-refractivity contribution >= 4 is 0 Å². The molecule has 0 amide bonds. The SMILES string of the molecule is C[C@H](NC1CCOC1)C1CCCCC1. The van der Waals surface area contributed by atoms with Crippen molar-refractivity contribution in [2.45, 2.75) is 57.5 Å². The van der Waals surface area contributed by atoms with E-state index >= 15 is 0 Å². The Morgan fingerprint density at radius 3 is 2.57 bits per heavy atom. The minimum atomic E-state index is 0.631. The van der Waals surface area contributed by atoms with Gasteiger partial charge < -0.3 is 10.1 Å². The molecule has 2 fully saturated rings. The second kappa shape index (κ2) is 5.13. The molecule has 1 saturated carbocycles. The van der Waals surface area contributed by atoms with E-state index in [-0.39, 0.29) is 0 Å². The lowest BCUT2D eigenvalue weighted by atomic mass is 9.84. The Bertz CT molecular complexity index is 160. The fourth-order valence-corrected chi connectivity index (χ4v) is 2.81. The van der Waals surface area contributed by atoms with Crippen LogP contribution in [0.4, 0.5) is 0 Å². The van der Waals surface area contributed by atoms with Crippen molar-refractivity contribution in [3.05, 3.63) is 0 Å². The summed E-state index contributed by atoms with van der Waals surface area (Å²) in [7, 11) is 0. The average Bonchev–Trinajstić information content (AvgIpc) is 2.72. The monoisotopic (exact) mass is 197 g/mol. The highest BCUT2D eigenvalue weighted by molar-refractivity contribution is 4.81. The Hall–Kier alpha value is -0.0800. The highest BCUT2D eigenvalue weighted by Gasteiger charge is 2.23. The van der Waals surface area contributed by atoms with Crippen LogP contribution in [-0.4, -0.2) is 25.3 Å². The Kier molecular flexibility index (Phi) is 3.82. The van der Waals surface area contributed by atoms with Crippen LogP contribution in [0.15, 0.2) is 0 Å². The molecule has 0 aromatic heterocycles. The van der Waals surface area contributed by atoms with E-state index in [2.05, 4.69) is 12.2 Å². The van der Waals surface area contributed by atoms with E-state index in [1.54, 1.807) is 0 Å². The lowest BCUT2D eigenvalue weighted by Crippen LogP contribution is -2.41. The average molecular weight is 197 g/mol. The van der Waals surface area contributed by atoms with E-state index in [0.29, 0.717) is 12.1 Å². The van der Waals surface area contributed by atoms with E-state index in [0.717, 1.165) is 19.1 Å². The van der Waals surface area contributed by atoms with Gasteiger partial charge in [-0.05, 0) is 32.1 Å². The second-order valence-corrected chi connectivity index (χ2v) is 4.91. The van der Waals surface area contributed by atoms with Gasteiger partial charge >= 0.3 is 0 Å². The van der Waals surface area contributed by atoms with Crippen molar-refractivity contribution in [1.82, 2.24) is 5.32 Å². The standard InChI is InChI=1S/C12H23NO/c1-10(11-5-3-2-4-6-11)13-12-7-8-14-9-12/h10-13H,2-9H2,1H3/t10-,12?/m0/s1. The van der Waals surface area contributed by atoms with Crippen molar-refractivity contribution < 1.29 is 4.74 Å². The Labute approximate surface area is 87.4 Å². The first-order valence-electron chi connectivity index (χ1n) is 6.20. The summed E-state index contributed by atoms with van der Waals surface area (Å²) in [6.07, 6.45) is 8.41. The van der Waals surface area contributed by atoms with E-state index in [9.17, 15) is 0 Å². The molecule has 2 nitrogen and oxygen atoms in total. The van der Waals surface area contributed by atoms with Crippen LogP contribution < -0.4 is 5.32 Å². The van der Waals surface area contributed by atoms with E-state index in [1.807, 2.05) is 0 Å². The molecule has 1 aliphatic heterocycles. The van der Waals surface area contributed by atoms with Crippen molar-refractivity contribution in [3.63, 3.8) is 0 Å². The minimum Gasteiger partial charge on any atom is -0.380 e. The molecule has 1 saturated heterocycles. The molecule has 1 unspecified atom stereocenters. The van der Waals surface area contributed by atoms with Gasteiger partial charge in [-0.2, -0.15) is 0 Å². The zero-order valence-electron chi connectivity index (χ0n) is 9.30. The number of hydrogen-bond donors (Lipinski definition) is 1. The number of ether oxygens (including phenoxy) is 1. The summed E-state index contributed by atoms with van der Waals surface area (Å²) in [5.41, 5.74) is 0. The lowest BCUT2D eigenvalue weighted by molar-refractivity contribution is 0.182. The third-order valence-corrected chi connectivity index (χ3v) is 3.79. The van der Waals surface area contributed by atoms with Gasteiger partial charge in [0.05, 0.1) is 6.61 Å². The van der Waals surface area contributed by atoms with E-state index < -0.39 is 0 Å². The maximum absolute atomic E-state index is 5.38. The van der Waals surface area contributed by atoms with Crippen LogP contribution in [0.5, 0.6) is 0 Å². The summed E-state index contributed by atoms with van der Waals surface area (Å²) >= 11 is 0. The summed E-state index contributed by atoms with van der Waals surface area (Å²) in [5.74, 6) is 0.921. The van der Waals surface area contributed by atoms with Crippen LogP contribution in [0, 0.1) is 5.92 Å². The van der Waals surface area contributed by atoms with Crippen LogP contribution in [0.2, 0.25) is 0 Å². The summed E-state index contributed by atoms with van der Waals surface area (Å²) in [4.78, 5) is 0. The number of rotatable bonds is 3. The second-order valence-electron chi connectivity index (χ2n) is 4.91. The molecule has 1 heterocycles. The molecule has 82 valence electrons. The molecule has 2 rings (SSSR count). The Morgan fingerprint density at radius 2 is 1.93 bits per heavy atom. The zero-order chi connectivity index (χ0) is 9.80. The molecule has 0 radical (unpaired) electrons. The highest BCUT2D eigenvalue weighted by atomic mass is 16.5. The molecule has 0 aromatic carbocycles. The normalized spacial score (nSPS) is 31.9. The quantitative estimate of drug-likeness (QED) is 0.750. The fraction of sp³-hybridized carbons (Fsp3) is 1.00. The van der Waals surface area contributed by atoms with Gasteiger partial charge in [0.15, 0.2) is 0 Å². The molecule has 0 aromatic rings. The first-order valence-corrected chi connectivity index (χ1v) is 6.20. The molecular formula is C12H23NO. The molecule has 0 spiro atoms. The van der Waals surface area contributed by atoms with E-state index in [4.69, 9.17) is 4.74 Å². The molecule has 2 atom stereocenters. The molecule has 1 N–H and O–H groups in total. The maximum atomic E-state index is 5.38. The highest BCUT2D eigenvalue weighted by Crippen LogP contribution is 2.26. The molecule has 0 bridgehead atoms. The van der Waals surface area contributed by atoms with Gasteiger partial charge in [-0.25, -0.2) is 0 Å². The Balaban J connectivity index is 1.72. The lowest BCUT2D eigenvalue weighted by Gasteiger charge is -2.30. The van der Waals surface area contributed by atoms with Crippen molar-refractivity contribution in [2.24, 2.45) is 5.92 Å². The van der Waals surface area contributed by atoms with Crippen LogP contribution in [0.1, 0.15) is 45.4 Å². The minimum absolute atomic E-state index is 0.631. The van der Waals surface area contributed by atoms with Gasteiger partial charge in [-0.15, -0.1) is 0 Å². The molecule has 1 aliphatic carbocycles. The summed E-state index contributed by atoms with van der Waals surface area (Å²) < 4.78 is 5.38. The summed E-state index contributed by atoms with van der Waals surface area (Å²) in [6, 6.07) is 1.33. The topological polar surface area (TPSA) is 21.3 Å². The zero-order valence-corrected chi connectivity index (χ0v) is 9.30. The van der Waals surface area contributed by atoms with Crippen LogP contribution >= 0.6 is 0 Å². The van der Waals surface area contributed by atoms with Crippen LogP contribution in [-0.2, 0) is 4.74 Å². The first-order chi connectivity index (χ1) is 6.86. The molecule has 2 aliphatic rings. The van der Waals surface area contributed by atoms with Gasteiger partial charge in [-0.1, -0.05) is 19.3 Å². The van der Waals surface area contributed by atoms with Gasteiger partial charge in [0.1, 0.15) is 0 Å². The third-order valence-electron chi connectivity index (χ3n) is 3.79. The molecular weight excluding hydrogens is 174 g/mol. The largest absolute Gasteiger partial charge is 0.380 e. The van der Waals surface area contributed by atoms with Gasteiger partial charge in [0.2, 0.25) is 0 Å².